The molecular weight excluding hydrogens is 298 g/mol. The zero-order valence-corrected chi connectivity index (χ0v) is 12.9. The summed E-state index contributed by atoms with van der Waals surface area (Å²) in [6, 6.07) is 7.49. The van der Waals surface area contributed by atoms with Gasteiger partial charge in [0.25, 0.3) is 5.91 Å². The summed E-state index contributed by atoms with van der Waals surface area (Å²) in [4.78, 5) is 26.8. The molecule has 2 aromatic rings. The van der Waals surface area contributed by atoms with Crippen molar-refractivity contribution in [1.29, 1.82) is 0 Å². The predicted molar refractivity (Wildman–Crippen MR) is 86.8 cm³/mol. The second-order valence-corrected chi connectivity index (χ2v) is 5.42. The highest BCUT2D eigenvalue weighted by molar-refractivity contribution is 7.10. The van der Waals surface area contributed by atoms with Gasteiger partial charge < -0.3 is 10.6 Å². The molecule has 0 fully saturated rings. The molecular formula is C16H15N3O2S. The van der Waals surface area contributed by atoms with E-state index in [0.29, 0.717) is 23.7 Å². The summed E-state index contributed by atoms with van der Waals surface area (Å²) in [6.45, 7) is 1.97. The average Bonchev–Trinajstić information content (AvgIpc) is 2.97. The van der Waals surface area contributed by atoms with E-state index in [-0.39, 0.29) is 11.8 Å². The zero-order chi connectivity index (χ0) is 15.9. The fraction of sp³-hybridized carbons (Fsp3) is 0.188. The largest absolute Gasteiger partial charge is 0.350 e. The molecule has 2 amide bonds. The van der Waals surface area contributed by atoms with Crippen LogP contribution in [0.2, 0.25) is 0 Å². The van der Waals surface area contributed by atoms with Crippen molar-refractivity contribution in [2.24, 2.45) is 0 Å². The number of hydrogen-bond donors (Lipinski definition) is 2. The number of benzene rings is 1. The summed E-state index contributed by atoms with van der Waals surface area (Å²) in [7, 11) is 0. The molecule has 0 saturated carbocycles. The molecule has 0 bridgehead atoms. The molecule has 6 heteroatoms. The Kier molecular flexibility index (Phi) is 5.28. The van der Waals surface area contributed by atoms with Crippen LogP contribution in [0, 0.1) is 12.3 Å². The number of carbonyl (C=O) groups is 2. The van der Waals surface area contributed by atoms with Gasteiger partial charge in [-0.1, -0.05) is 12.1 Å². The Morgan fingerprint density at radius 1 is 1.32 bits per heavy atom. The van der Waals surface area contributed by atoms with Gasteiger partial charge in [-0.25, -0.2) is 4.98 Å². The molecule has 112 valence electrons. The highest BCUT2D eigenvalue weighted by Gasteiger charge is 2.09. The van der Waals surface area contributed by atoms with Crippen LogP contribution in [-0.4, -0.2) is 23.3 Å². The van der Waals surface area contributed by atoms with Crippen LogP contribution < -0.4 is 10.6 Å². The standard InChI is InChI=1S/C16H15N3O2S/c1-3-15-19-14(10-22-15)16(21)17-9-8-12-4-6-13(7-5-12)18-11(2)20/h1,4-7,10H,8-9H2,2H3,(H,17,21)(H,18,20). The Balaban J connectivity index is 1.82. The molecule has 2 N–H and O–H groups in total. The van der Waals surface area contributed by atoms with Gasteiger partial charge in [0.05, 0.1) is 0 Å². The molecule has 0 spiro atoms. The van der Waals surface area contributed by atoms with Crippen LogP contribution in [0.25, 0.3) is 0 Å². The van der Waals surface area contributed by atoms with Gasteiger partial charge in [-0.3, -0.25) is 9.59 Å². The van der Waals surface area contributed by atoms with E-state index in [1.54, 1.807) is 5.38 Å². The molecule has 22 heavy (non-hydrogen) atoms. The quantitative estimate of drug-likeness (QED) is 0.830. The molecule has 1 aromatic heterocycles. The van der Waals surface area contributed by atoms with E-state index >= 15 is 0 Å². The molecule has 1 aromatic carbocycles. The van der Waals surface area contributed by atoms with Gasteiger partial charge in [0.1, 0.15) is 5.69 Å². The fourth-order valence-electron chi connectivity index (χ4n) is 1.81. The van der Waals surface area contributed by atoms with Crippen molar-refractivity contribution in [2.75, 3.05) is 11.9 Å². The molecule has 0 saturated heterocycles. The van der Waals surface area contributed by atoms with E-state index in [1.165, 1.54) is 18.3 Å². The van der Waals surface area contributed by atoms with Crippen LogP contribution in [0.15, 0.2) is 29.6 Å². The van der Waals surface area contributed by atoms with Crippen molar-refractivity contribution < 1.29 is 9.59 Å². The van der Waals surface area contributed by atoms with Crippen LogP contribution in [-0.2, 0) is 11.2 Å². The first-order valence-electron chi connectivity index (χ1n) is 6.65. The van der Waals surface area contributed by atoms with Gasteiger partial charge in [-0.2, -0.15) is 0 Å². The maximum atomic E-state index is 11.9. The molecule has 0 radical (unpaired) electrons. The SMILES string of the molecule is C#Cc1nc(C(=O)NCCc2ccc(NC(C)=O)cc2)cs1. The summed E-state index contributed by atoms with van der Waals surface area (Å²) in [5, 5.41) is 7.65. The lowest BCUT2D eigenvalue weighted by atomic mass is 10.1. The summed E-state index contributed by atoms with van der Waals surface area (Å²) < 4.78 is 0. The Morgan fingerprint density at radius 2 is 2.05 bits per heavy atom. The third-order valence-electron chi connectivity index (χ3n) is 2.83. The summed E-state index contributed by atoms with van der Waals surface area (Å²) >= 11 is 1.27. The lowest BCUT2D eigenvalue weighted by molar-refractivity contribution is -0.114. The Labute approximate surface area is 132 Å². The minimum Gasteiger partial charge on any atom is -0.350 e. The van der Waals surface area contributed by atoms with E-state index in [2.05, 4.69) is 21.5 Å². The van der Waals surface area contributed by atoms with Gasteiger partial charge in [-0.05, 0) is 30.0 Å². The van der Waals surface area contributed by atoms with Crippen molar-refractivity contribution in [3.05, 3.63) is 45.9 Å². The highest BCUT2D eigenvalue weighted by atomic mass is 32.1. The van der Waals surface area contributed by atoms with Crippen LogP contribution >= 0.6 is 11.3 Å². The minimum absolute atomic E-state index is 0.102. The number of carbonyl (C=O) groups excluding carboxylic acids is 2. The number of amides is 2. The van der Waals surface area contributed by atoms with Crippen molar-refractivity contribution >= 4 is 28.8 Å². The molecule has 5 nitrogen and oxygen atoms in total. The van der Waals surface area contributed by atoms with Gasteiger partial charge in [0.15, 0.2) is 5.01 Å². The predicted octanol–water partition coefficient (Wildman–Crippen LogP) is 2.06. The van der Waals surface area contributed by atoms with E-state index in [1.807, 2.05) is 24.3 Å². The van der Waals surface area contributed by atoms with E-state index in [9.17, 15) is 9.59 Å². The topological polar surface area (TPSA) is 71.1 Å². The average molecular weight is 313 g/mol. The Morgan fingerprint density at radius 3 is 2.64 bits per heavy atom. The number of hydrogen-bond acceptors (Lipinski definition) is 4. The number of nitrogens with zero attached hydrogens (tertiary/aromatic N) is 1. The van der Waals surface area contributed by atoms with E-state index < -0.39 is 0 Å². The smallest absolute Gasteiger partial charge is 0.270 e. The first-order chi connectivity index (χ1) is 10.6. The third kappa shape index (κ3) is 4.43. The van der Waals surface area contributed by atoms with Gasteiger partial charge >= 0.3 is 0 Å². The summed E-state index contributed by atoms with van der Waals surface area (Å²) in [5.74, 6) is 2.07. The second kappa shape index (κ2) is 7.38. The van der Waals surface area contributed by atoms with Crippen LogP contribution in [0.5, 0.6) is 0 Å². The molecule has 0 atom stereocenters. The van der Waals surface area contributed by atoms with Crippen molar-refractivity contribution in [3.63, 3.8) is 0 Å². The molecule has 2 rings (SSSR count). The van der Waals surface area contributed by atoms with Crippen molar-refractivity contribution in [1.82, 2.24) is 10.3 Å². The Hall–Kier alpha value is -2.65. The molecule has 0 aliphatic rings. The van der Waals surface area contributed by atoms with Crippen LogP contribution in [0.3, 0.4) is 0 Å². The number of anilines is 1. The number of nitrogens with one attached hydrogen (secondary N) is 2. The summed E-state index contributed by atoms with van der Waals surface area (Å²) in [6.07, 6.45) is 5.91. The number of thiazole rings is 1. The molecule has 0 aliphatic heterocycles. The van der Waals surface area contributed by atoms with E-state index in [4.69, 9.17) is 6.42 Å². The third-order valence-corrected chi connectivity index (χ3v) is 3.61. The molecule has 0 aliphatic carbocycles. The highest BCUT2D eigenvalue weighted by Crippen LogP contribution is 2.10. The monoisotopic (exact) mass is 313 g/mol. The van der Waals surface area contributed by atoms with Crippen molar-refractivity contribution in [3.8, 4) is 12.3 Å². The fourth-order valence-corrected chi connectivity index (χ4v) is 2.42. The van der Waals surface area contributed by atoms with Crippen LogP contribution in [0.1, 0.15) is 28.0 Å². The van der Waals surface area contributed by atoms with E-state index in [0.717, 1.165) is 11.3 Å². The minimum atomic E-state index is -0.229. The lowest BCUT2D eigenvalue weighted by Crippen LogP contribution is -2.26. The van der Waals surface area contributed by atoms with Crippen molar-refractivity contribution in [2.45, 2.75) is 13.3 Å². The lowest BCUT2D eigenvalue weighted by Gasteiger charge is -2.05. The van der Waals surface area contributed by atoms with Gasteiger partial charge in [0, 0.05) is 24.5 Å². The van der Waals surface area contributed by atoms with Gasteiger partial charge in [-0.15, -0.1) is 17.8 Å². The Bertz CT molecular complexity index is 714. The normalized spacial score (nSPS) is 9.82. The molecule has 0 unspecified atom stereocenters. The number of rotatable bonds is 5. The first-order valence-corrected chi connectivity index (χ1v) is 7.53. The number of aromatic nitrogens is 1. The first kappa shape index (κ1) is 15.7. The maximum Gasteiger partial charge on any atom is 0.270 e. The van der Waals surface area contributed by atoms with Crippen LogP contribution in [0.4, 0.5) is 5.69 Å². The van der Waals surface area contributed by atoms with Gasteiger partial charge in [0.2, 0.25) is 5.91 Å². The number of terminal acetylenes is 1. The summed E-state index contributed by atoms with van der Waals surface area (Å²) in [5.41, 5.74) is 2.17. The zero-order valence-electron chi connectivity index (χ0n) is 12.1. The second-order valence-electron chi connectivity index (χ2n) is 4.57. The molecule has 1 heterocycles. The maximum absolute atomic E-state index is 11.9.